The SMILES string of the molecule is COc1nccc(C[C@@H]2CN(Cc3cnc(NC(C)=O)s3)CCO2)c1F. The molecule has 9 heteroatoms. The van der Waals surface area contributed by atoms with E-state index >= 15 is 0 Å². The predicted octanol–water partition coefficient (Wildman–Crippen LogP) is 2.09. The van der Waals surface area contributed by atoms with Crippen LogP contribution in [0.1, 0.15) is 17.4 Å². The highest BCUT2D eigenvalue weighted by Crippen LogP contribution is 2.23. The van der Waals surface area contributed by atoms with Crippen LogP contribution >= 0.6 is 11.3 Å². The molecule has 1 atom stereocenters. The van der Waals surface area contributed by atoms with Crippen molar-refractivity contribution >= 4 is 22.4 Å². The van der Waals surface area contributed by atoms with Gasteiger partial charge < -0.3 is 14.8 Å². The van der Waals surface area contributed by atoms with E-state index in [-0.39, 0.29) is 17.9 Å². The lowest BCUT2D eigenvalue weighted by molar-refractivity contribution is -0.114. The zero-order chi connectivity index (χ0) is 18.5. The summed E-state index contributed by atoms with van der Waals surface area (Å²) in [6.07, 6.45) is 3.67. The van der Waals surface area contributed by atoms with Crippen LogP contribution in [0.25, 0.3) is 0 Å². The molecule has 0 bridgehead atoms. The maximum absolute atomic E-state index is 14.3. The van der Waals surface area contributed by atoms with Gasteiger partial charge in [0.05, 0.1) is 19.8 Å². The number of anilines is 1. The van der Waals surface area contributed by atoms with E-state index in [0.717, 1.165) is 18.0 Å². The number of amides is 1. The Hall–Kier alpha value is -2.10. The maximum Gasteiger partial charge on any atom is 0.250 e. The Balaban J connectivity index is 1.59. The number of halogens is 1. The van der Waals surface area contributed by atoms with Gasteiger partial charge in [0.25, 0.3) is 0 Å². The van der Waals surface area contributed by atoms with Crippen molar-refractivity contribution in [2.45, 2.75) is 26.0 Å². The highest BCUT2D eigenvalue weighted by molar-refractivity contribution is 7.15. The van der Waals surface area contributed by atoms with Crippen molar-refractivity contribution in [2.24, 2.45) is 0 Å². The topological polar surface area (TPSA) is 76.6 Å². The molecule has 1 saturated heterocycles. The van der Waals surface area contributed by atoms with Crippen LogP contribution in [0.5, 0.6) is 5.88 Å². The Labute approximate surface area is 155 Å². The van der Waals surface area contributed by atoms with Crippen LogP contribution in [0.2, 0.25) is 0 Å². The number of carbonyl (C=O) groups is 1. The molecule has 0 radical (unpaired) electrons. The highest BCUT2D eigenvalue weighted by atomic mass is 32.1. The maximum atomic E-state index is 14.3. The monoisotopic (exact) mass is 380 g/mol. The van der Waals surface area contributed by atoms with Crippen molar-refractivity contribution in [3.63, 3.8) is 0 Å². The number of hydrogen-bond donors (Lipinski definition) is 1. The number of morpholine rings is 1. The number of hydrogen-bond acceptors (Lipinski definition) is 7. The fourth-order valence-electron chi connectivity index (χ4n) is 2.86. The van der Waals surface area contributed by atoms with Gasteiger partial charge in [-0.25, -0.2) is 14.4 Å². The van der Waals surface area contributed by atoms with Gasteiger partial charge >= 0.3 is 0 Å². The molecular formula is C17H21FN4O3S. The quantitative estimate of drug-likeness (QED) is 0.827. The number of ether oxygens (including phenoxy) is 2. The van der Waals surface area contributed by atoms with Crippen LogP contribution < -0.4 is 10.1 Å². The summed E-state index contributed by atoms with van der Waals surface area (Å²) in [5.74, 6) is -0.560. The Morgan fingerprint density at radius 1 is 1.54 bits per heavy atom. The van der Waals surface area contributed by atoms with Gasteiger partial charge in [-0.2, -0.15) is 0 Å². The molecule has 0 unspecified atom stereocenters. The van der Waals surface area contributed by atoms with Gasteiger partial charge in [0.1, 0.15) is 0 Å². The third-order valence-electron chi connectivity index (χ3n) is 4.02. The normalized spacial score (nSPS) is 17.9. The van der Waals surface area contributed by atoms with Crippen molar-refractivity contribution in [1.82, 2.24) is 14.9 Å². The molecule has 1 fully saturated rings. The second-order valence-corrected chi connectivity index (χ2v) is 7.15. The molecule has 2 aromatic rings. The second-order valence-electron chi connectivity index (χ2n) is 6.04. The van der Waals surface area contributed by atoms with E-state index in [1.165, 1.54) is 25.4 Å². The first-order valence-electron chi connectivity index (χ1n) is 8.28. The van der Waals surface area contributed by atoms with Gasteiger partial charge in [-0.1, -0.05) is 0 Å². The first kappa shape index (κ1) is 18.7. The van der Waals surface area contributed by atoms with Crippen molar-refractivity contribution in [3.05, 3.63) is 34.7 Å². The lowest BCUT2D eigenvalue weighted by Gasteiger charge is -2.32. The number of thiazole rings is 1. The van der Waals surface area contributed by atoms with Crippen molar-refractivity contribution in [3.8, 4) is 5.88 Å². The average molecular weight is 380 g/mol. The smallest absolute Gasteiger partial charge is 0.250 e. The zero-order valence-corrected chi connectivity index (χ0v) is 15.5. The van der Waals surface area contributed by atoms with E-state index in [2.05, 4.69) is 20.2 Å². The van der Waals surface area contributed by atoms with Crippen molar-refractivity contribution < 1.29 is 18.7 Å². The molecule has 1 aliphatic rings. The number of nitrogens with one attached hydrogen (secondary N) is 1. The molecule has 1 amide bonds. The summed E-state index contributed by atoms with van der Waals surface area (Å²) in [7, 11) is 1.40. The number of methoxy groups -OCH3 is 1. The molecule has 3 rings (SSSR count). The lowest BCUT2D eigenvalue weighted by atomic mass is 10.1. The fraction of sp³-hybridized carbons (Fsp3) is 0.471. The first-order valence-corrected chi connectivity index (χ1v) is 9.10. The molecule has 2 aromatic heterocycles. The summed E-state index contributed by atoms with van der Waals surface area (Å²) in [4.78, 5) is 22.5. The summed E-state index contributed by atoms with van der Waals surface area (Å²) < 4.78 is 25.0. The Morgan fingerprint density at radius 3 is 3.15 bits per heavy atom. The van der Waals surface area contributed by atoms with E-state index in [1.54, 1.807) is 18.5 Å². The average Bonchev–Trinajstić information content (AvgIpc) is 3.03. The van der Waals surface area contributed by atoms with Crippen LogP contribution in [0, 0.1) is 5.82 Å². The van der Waals surface area contributed by atoms with Gasteiger partial charge in [0, 0.05) is 50.2 Å². The van der Waals surface area contributed by atoms with E-state index in [0.29, 0.717) is 30.3 Å². The van der Waals surface area contributed by atoms with Crippen molar-refractivity contribution in [1.29, 1.82) is 0 Å². The van der Waals surface area contributed by atoms with Crippen LogP contribution in [0.15, 0.2) is 18.5 Å². The van der Waals surface area contributed by atoms with Crippen LogP contribution in [0.3, 0.4) is 0 Å². The zero-order valence-electron chi connectivity index (χ0n) is 14.7. The third-order valence-corrected chi connectivity index (χ3v) is 4.91. The molecule has 0 saturated carbocycles. The molecular weight excluding hydrogens is 359 g/mol. The molecule has 140 valence electrons. The molecule has 26 heavy (non-hydrogen) atoms. The summed E-state index contributed by atoms with van der Waals surface area (Å²) in [5.41, 5.74) is 0.537. The summed E-state index contributed by atoms with van der Waals surface area (Å²) >= 11 is 1.46. The summed E-state index contributed by atoms with van der Waals surface area (Å²) in [6, 6.07) is 1.66. The second kappa shape index (κ2) is 8.52. The van der Waals surface area contributed by atoms with Crippen LogP contribution in [0.4, 0.5) is 9.52 Å². The summed E-state index contributed by atoms with van der Waals surface area (Å²) in [5, 5.41) is 3.29. The van der Waals surface area contributed by atoms with E-state index in [1.807, 2.05) is 0 Å². The highest BCUT2D eigenvalue weighted by Gasteiger charge is 2.23. The number of carbonyl (C=O) groups excluding carboxylic acids is 1. The van der Waals surface area contributed by atoms with E-state index in [9.17, 15) is 9.18 Å². The Kier molecular flexibility index (Phi) is 6.12. The van der Waals surface area contributed by atoms with Gasteiger partial charge in [-0.3, -0.25) is 9.69 Å². The minimum Gasteiger partial charge on any atom is -0.479 e. The van der Waals surface area contributed by atoms with Gasteiger partial charge in [0.15, 0.2) is 10.9 Å². The van der Waals surface area contributed by atoms with Gasteiger partial charge in [0.2, 0.25) is 11.8 Å². The van der Waals surface area contributed by atoms with Crippen molar-refractivity contribution in [2.75, 3.05) is 32.1 Å². The van der Waals surface area contributed by atoms with E-state index in [4.69, 9.17) is 9.47 Å². The molecule has 3 heterocycles. The van der Waals surface area contributed by atoms with Gasteiger partial charge in [-0.15, -0.1) is 11.3 Å². The first-order chi connectivity index (χ1) is 12.5. The molecule has 0 aliphatic carbocycles. The number of nitrogens with zero attached hydrogens (tertiary/aromatic N) is 3. The fourth-order valence-corrected chi connectivity index (χ4v) is 3.77. The third kappa shape index (κ3) is 4.75. The van der Waals surface area contributed by atoms with E-state index < -0.39 is 5.82 Å². The Bertz CT molecular complexity index is 770. The Morgan fingerprint density at radius 2 is 2.38 bits per heavy atom. The summed E-state index contributed by atoms with van der Waals surface area (Å²) in [6.45, 7) is 4.26. The molecule has 1 N–H and O–H groups in total. The molecule has 7 nitrogen and oxygen atoms in total. The lowest BCUT2D eigenvalue weighted by Crippen LogP contribution is -2.42. The molecule has 1 aliphatic heterocycles. The number of rotatable bonds is 6. The number of pyridine rings is 1. The minimum absolute atomic E-state index is 0.00493. The number of aromatic nitrogens is 2. The predicted molar refractivity (Wildman–Crippen MR) is 95.9 cm³/mol. The van der Waals surface area contributed by atoms with Gasteiger partial charge in [-0.05, 0) is 11.6 Å². The minimum atomic E-state index is -0.432. The molecule has 0 aromatic carbocycles. The largest absolute Gasteiger partial charge is 0.479 e. The molecule has 0 spiro atoms. The van der Waals surface area contributed by atoms with Crippen LogP contribution in [-0.4, -0.2) is 53.7 Å². The standard InChI is InChI=1S/C17H21FN4O3S/c1-11(23)21-17-20-8-14(26-17)10-22-5-6-25-13(9-22)7-12-3-4-19-16(24-2)15(12)18/h3-4,8,13H,5-7,9-10H2,1-2H3,(H,20,21,23)/t13-/m1/s1. The van der Waals surface area contributed by atoms with Crippen LogP contribution in [-0.2, 0) is 22.5 Å².